The summed E-state index contributed by atoms with van der Waals surface area (Å²) in [4.78, 5) is 22.8. The SMILES string of the molecule is C=CCOC(=O)C(CCCCCCC/C=C/CCCCCCCCCC)CC(=O)O. The van der Waals surface area contributed by atoms with Crippen LogP contribution in [0.3, 0.4) is 0 Å². The van der Waals surface area contributed by atoms with Crippen LogP contribution in [-0.4, -0.2) is 23.7 Å². The molecule has 4 heteroatoms. The molecular weight excluding hydrogens is 376 g/mol. The van der Waals surface area contributed by atoms with Crippen LogP contribution in [0, 0.1) is 5.92 Å². The van der Waals surface area contributed by atoms with Gasteiger partial charge in [0.15, 0.2) is 0 Å². The molecule has 0 bridgehead atoms. The van der Waals surface area contributed by atoms with Crippen molar-refractivity contribution in [2.75, 3.05) is 6.61 Å². The van der Waals surface area contributed by atoms with Crippen LogP contribution in [0.2, 0.25) is 0 Å². The fourth-order valence-corrected chi connectivity index (χ4v) is 3.59. The van der Waals surface area contributed by atoms with Gasteiger partial charge >= 0.3 is 11.9 Å². The van der Waals surface area contributed by atoms with Gasteiger partial charge in [0.05, 0.1) is 12.3 Å². The number of rotatable bonds is 22. The first-order valence-corrected chi connectivity index (χ1v) is 12.3. The summed E-state index contributed by atoms with van der Waals surface area (Å²) in [7, 11) is 0. The molecule has 0 aliphatic heterocycles. The van der Waals surface area contributed by atoms with Crippen LogP contribution >= 0.6 is 0 Å². The summed E-state index contributed by atoms with van der Waals surface area (Å²) < 4.78 is 5.01. The van der Waals surface area contributed by atoms with Gasteiger partial charge in [-0.25, -0.2) is 0 Å². The van der Waals surface area contributed by atoms with E-state index in [1.54, 1.807) is 0 Å². The Balaban J connectivity index is 3.56. The molecule has 4 nitrogen and oxygen atoms in total. The summed E-state index contributed by atoms with van der Waals surface area (Å²) in [6, 6.07) is 0. The van der Waals surface area contributed by atoms with Crippen molar-refractivity contribution in [3.8, 4) is 0 Å². The van der Waals surface area contributed by atoms with E-state index >= 15 is 0 Å². The van der Waals surface area contributed by atoms with Crippen molar-refractivity contribution in [1.82, 2.24) is 0 Å². The van der Waals surface area contributed by atoms with Crippen molar-refractivity contribution in [3.63, 3.8) is 0 Å². The first-order valence-electron chi connectivity index (χ1n) is 12.3. The van der Waals surface area contributed by atoms with Crippen LogP contribution < -0.4 is 0 Å². The second kappa shape index (κ2) is 22.1. The number of carboxylic acids is 1. The van der Waals surface area contributed by atoms with Gasteiger partial charge in [0, 0.05) is 0 Å². The van der Waals surface area contributed by atoms with Gasteiger partial charge < -0.3 is 9.84 Å². The molecule has 0 saturated carbocycles. The van der Waals surface area contributed by atoms with Crippen molar-refractivity contribution in [2.45, 2.75) is 116 Å². The van der Waals surface area contributed by atoms with Crippen LogP contribution in [-0.2, 0) is 14.3 Å². The average Bonchev–Trinajstić information content (AvgIpc) is 2.73. The number of allylic oxidation sites excluding steroid dienone is 2. The third kappa shape index (κ3) is 19.7. The van der Waals surface area contributed by atoms with Gasteiger partial charge in [-0.1, -0.05) is 102 Å². The Morgan fingerprint density at radius 2 is 1.33 bits per heavy atom. The van der Waals surface area contributed by atoms with Crippen molar-refractivity contribution in [1.29, 1.82) is 0 Å². The van der Waals surface area contributed by atoms with Crippen LogP contribution in [0.15, 0.2) is 24.8 Å². The lowest BCUT2D eigenvalue weighted by molar-refractivity contribution is -0.152. The van der Waals surface area contributed by atoms with Gasteiger partial charge in [0.25, 0.3) is 0 Å². The molecule has 0 fully saturated rings. The predicted molar refractivity (Wildman–Crippen MR) is 126 cm³/mol. The maximum Gasteiger partial charge on any atom is 0.309 e. The number of aliphatic carboxylic acids is 1. The van der Waals surface area contributed by atoms with Crippen molar-refractivity contribution in [2.24, 2.45) is 5.92 Å². The minimum absolute atomic E-state index is 0.140. The maximum absolute atomic E-state index is 11.9. The molecule has 0 aromatic rings. The normalized spacial score (nSPS) is 12.2. The highest BCUT2D eigenvalue weighted by Gasteiger charge is 2.22. The summed E-state index contributed by atoms with van der Waals surface area (Å²) in [6.07, 6.45) is 25.4. The van der Waals surface area contributed by atoms with Gasteiger partial charge in [-0.05, 0) is 32.1 Å². The second-order valence-electron chi connectivity index (χ2n) is 8.29. The number of carbonyl (C=O) groups is 2. The van der Waals surface area contributed by atoms with Crippen LogP contribution in [0.4, 0.5) is 0 Å². The Bertz CT molecular complexity index is 456. The molecule has 1 atom stereocenters. The quantitative estimate of drug-likeness (QED) is 0.111. The molecule has 0 aliphatic rings. The van der Waals surface area contributed by atoms with E-state index in [-0.39, 0.29) is 13.0 Å². The summed E-state index contributed by atoms with van der Waals surface area (Å²) in [6.45, 7) is 5.91. The molecule has 30 heavy (non-hydrogen) atoms. The molecule has 0 heterocycles. The molecule has 1 N–H and O–H groups in total. The van der Waals surface area contributed by atoms with Crippen molar-refractivity contribution >= 4 is 11.9 Å². The fraction of sp³-hybridized carbons (Fsp3) is 0.769. The highest BCUT2D eigenvalue weighted by atomic mass is 16.5. The first-order chi connectivity index (χ1) is 14.6. The molecule has 1 unspecified atom stereocenters. The number of hydrogen-bond acceptors (Lipinski definition) is 3. The molecule has 0 aromatic carbocycles. The summed E-state index contributed by atoms with van der Waals surface area (Å²) in [5, 5.41) is 8.97. The van der Waals surface area contributed by atoms with Gasteiger partial charge in [0.2, 0.25) is 0 Å². The fourth-order valence-electron chi connectivity index (χ4n) is 3.59. The zero-order valence-electron chi connectivity index (χ0n) is 19.4. The first kappa shape index (κ1) is 28.4. The Kier molecular flexibility index (Phi) is 20.9. The molecular formula is C26H46O4. The molecule has 0 amide bonds. The molecule has 174 valence electrons. The molecule has 0 aromatic heterocycles. The van der Waals surface area contributed by atoms with Crippen LogP contribution in [0.1, 0.15) is 116 Å². The second-order valence-corrected chi connectivity index (χ2v) is 8.29. The van der Waals surface area contributed by atoms with Gasteiger partial charge in [-0.15, -0.1) is 0 Å². The Morgan fingerprint density at radius 3 is 1.83 bits per heavy atom. The zero-order valence-corrected chi connectivity index (χ0v) is 19.4. The molecule has 0 spiro atoms. The molecule has 0 radical (unpaired) electrons. The number of carbonyl (C=O) groups excluding carboxylic acids is 1. The number of unbranched alkanes of at least 4 members (excludes halogenated alkanes) is 13. The Hall–Kier alpha value is -1.58. The number of carboxylic acid groups (broad SMARTS) is 1. The average molecular weight is 423 g/mol. The van der Waals surface area contributed by atoms with E-state index in [4.69, 9.17) is 9.84 Å². The lowest BCUT2D eigenvalue weighted by atomic mass is 9.97. The highest BCUT2D eigenvalue weighted by Crippen LogP contribution is 2.17. The standard InChI is InChI=1S/C26H46O4/c1-3-5-6-7-8-9-10-11-12-13-14-15-16-17-18-19-20-21-24(23-25(27)28)26(29)30-22-4-2/h4,13-14,24H,2-3,5-12,15-23H2,1H3,(H,27,28)/b14-13+. The third-order valence-electron chi connectivity index (χ3n) is 5.41. The number of esters is 1. The lowest BCUT2D eigenvalue weighted by Crippen LogP contribution is -2.21. The molecule has 0 aliphatic carbocycles. The van der Waals surface area contributed by atoms with Crippen molar-refractivity contribution < 1.29 is 19.4 Å². The zero-order chi connectivity index (χ0) is 22.3. The maximum atomic E-state index is 11.9. The van der Waals surface area contributed by atoms with Crippen LogP contribution in [0.5, 0.6) is 0 Å². The Labute approximate surface area is 185 Å². The van der Waals surface area contributed by atoms with E-state index in [0.717, 1.165) is 25.7 Å². The lowest BCUT2D eigenvalue weighted by Gasteiger charge is -2.13. The van der Waals surface area contributed by atoms with Gasteiger partial charge in [-0.2, -0.15) is 0 Å². The molecule has 0 saturated heterocycles. The van der Waals surface area contributed by atoms with Gasteiger partial charge in [-0.3, -0.25) is 9.59 Å². The third-order valence-corrected chi connectivity index (χ3v) is 5.41. The van der Waals surface area contributed by atoms with E-state index in [0.29, 0.717) is 6.42 Å². The largest absolute Gasteiger partial charge is 0.481 e. The van der Waals surface area contributed by atoms with Gasteiger partial charge in [0.1, 0.15) is 6.61 Å². The van der Waals surface area contributed by atoms with E-state index in [9.17, 15) is 9.59 Å². The monoisotopic (exact) mass is 422 g/mol. The van der Waals surface area contributed by atoms with E-state index in [2.05, 4.69) is 25.7 Å². The van der Waals surface area contributed by atoms with Crippen molar-refractivity contribution in [3.05, 3.63) is 24.8 Å². The minimum atomic E-state index is -0.950. The predicted octanol–water partition coefficient (Wildman–Crippen LogP) is 7.62. The van der Waals surface area contributed by atoms with E-state index in [1.807, 2.05) is 0 Å². The highest BCUT2D eigenvalue weighted by molar-refractivity contribution is 5.79. The topological polar surface area (TPSA) is 63.6 Å². The number of hydrogen-bond donors (Lipinski definition) is 1. The smallest absolute Gasteiger partial charge is 0.309 e. The van der Waals surface area contributed by atoms with E-state index < -0.39 is 17.9 Å². The van der Waals surface area contributed by atoms with Crippen LogP contribution in [0.25, 0.3) is 0 Å². The molecule has 0 rings (SSSR count). The summed E-state index contributed by atoms with van der Waals surface area (Å²) >= 11 is 0. The number of ether oxygens (including phenoxy) is 1. The summed E-state index contributed by atoms with van der Waals surface area (Å²) in [5.74, 6) is -1.91. The summed E-state index contributed by atoms with van der Waals surface area (Å²) in [5.41, 5.74) is 0. The van der Waals surface area contributed by atoms with E-state index in [1.165, 1.54) is 76.7 Å². The Morgan fingerprint density at radius 1 is 0.833 bits per heavy atom. The minimum Gasteiger partial charge on any atom is -0.481 e.